The number of piperidine rings is 1. The van der Waals surface area contributed by atoms with Crippen LogP contribution in [0.5, 0.6) is 5.75 Å². The van der Waals surface area contributed by atoms with E-state index in [1.807, 2.05) is 23.2 Å². The van der Waals surface area contributed by atoms with Gasteiger partial charge in [-0.15, -0.1) is 0 Å². The van der Waals surface area contributed by atoms with Gasteiger partial charge in [0.25, 0.3) is 5.91 Å². The topological polar surface area (TPSA) is 95.0 Å². The Labute approximate surface area is 150 Å². The first-order valence-corrected chi connectivity index (χ1v) is 8.59. The lowest BCUT2D eigenvalue weighted by Gasteiger charge is -2.32. The summed E-state index contributed by atoms with van der Waals surface area (Å²) in [5, 5.41) is 16.9. The Morgan fingerprint density at radius 1 is 1.12 bits per heavy atom. The van der Waals surface area contributed by atoms with Crippen molar-refractivity contribution in [2.45, 2.75) is 18.8 Å². The Hall–Kier alpha value is -3.22. The van der Waals surface area contributed by atoms with Gasteiger partial charge in [0.05, 0.1) is 18.0 Å². The Kier molecular flexibility index (Phi) is 4.35. The van der Waals surface area contributed by atoms with Gasteiger partial charge in [0, 0.05) is 48.9 Å². The van der Waals surface area contributed by atoms with E-state index in [2.05, 4.69) is 20.2 Å². The van der Waals surface area contributed by atoms with Crippen LogP contribution in [0.1, 0.15) is 34.8 Å². The molecular formula is C19H19N5O2. The summed E-state index contributed by atoms with van der Waals surface area (Å²) in [7, 11) is 0. The summed E-state index contributed by atoms with van der Waals surface area (Å²) in [5.74, 6) is 0.239. The number of aromatic amines is 1. The quantitative estimate of drug-likeness (QED) is 0.758. The molecule has 0 bridgehead atoms. The number of nitrogens with zero attached hydrogens (tertiary/aromatic N) is 4. The van der Waals surface area contributed by atoms with Crippen LogP contribution in [0, 0.1) is 0 Å². The predicted molar refractivity (Wildman–Crippen MR) is 95.6 cm³/mol. The van der Waals surface area contributed by atoms with Gasteiger partial charge < -0.3 is 10.0 Å². The highest BCUT2D eigenvalue weighted by Gasteiger charge is 2.27. The lowest BCUT2D eigenvalue weighted by molar-refractivity contribution is 0.0711. The molecule has 0 saturated carbocycles. The monoisotopic (exact) mass is 349 g/mol. The molecule has 0 atom stereocenters. The summed E-state index contributed by atoms with van der Waals surface area (Å²) in [5.41, 5.74) is 3.72. The maximum Gasteiger partial charge on any atom is 0.255 e. The second-order valence-corrected chi connectivity index (χ2v) is 6.43. The number of carbonyl (C=O) groups excluding carboxylic acids is 1. The average Bonchev–Trinajstić information content (AvgIpc) is 3.18. The fourth-order valence-corrected chi connectivity index (χ4v) is 3.47. The van der Waals surface area contributed by atoms with Crippen LogP contribution in [-0.4, -0.2) is 49.2 Å². The second-order valence-electron chi connectivity index (χ2n) is 6.43. The number of aromatic hydroxyl groups is 1. The van der Waals surface area contributed by atoms with Crippen molar-refractivity contribution in [2.24, 2.45) is 0 Å². The molecule has 0 spiro atoms. The van der Waals surface area contributed by atoms with Crippen molar-refractivity contribution in [3.05, 3.63) is 60.4 Å². The second kappa shape index (κ2) is 6.95. The van der Waals surface area contributed by atoms with Gasteiger partial charge in [0.15, 0.2) is 0 Å². The molecule has 132 valence electrons. The highest BCUT2D eigenvalue weighted by atomic mass is 16.3. The fraction of sp³-hybridized carbons (Fsp3) is 0.263. The van der Waals surface area contributed by atoms with Crippen molar-refractivity contribution >= 4 is 5.91 Å². The van der Waals surface area contributed by atoms with Crippen LogP contribution < -0.4 is 0 Å². The molecule has 26 heavy (non-hydrogen) atoms. The Bertz CT molecular complexity index is 901. The third-order valence-corrected chi connectivity index (χ3v) is 4.82. The summed E-state index contributed by atoms with van der Waals surface area (Å²) >= 11 is 0. The van der Waals surface area contributed by atoms with Crippen molar-refractivity contribution in [1.29, 1.82) is 0 Å². The molecule has 2 N–H and O–H groups in total. The van der Waals surface area contributed by atoms with Crippen LogP contribution in [-0.2, 0) is 0 Å². The molecule has 3 aromatic rings. The maximum absolute atomic E-state index is 12.6. The number of nitrogens with one attached hydrogen (secondary N) is 1. The molecule has 1 aliphatic rings. The standard InChI is InChI=1S/C19H19N5O2/c25-16-9-15(10-21-11-16)19(26)24-7-3-14(4-8-24)18-17(12-22-23-18)13-1-5-20-6-2-13/h1-2,5-6,9-12,14,25H,3-4,7-8H2,(H,22,23). The molecule has 3 aromatic heterocycles. The van der Waals surface area contributed by atoms with Crippen molar-refractivity contribution in [3.8, 4) is 16.9 Å². The van der Waals surface area contributed by atoms with E-state index in [1.54, 1.807) is 12.4 Å². The number of H-pyrrole nitrogens is 1. The van der Waals surface area contributed by atoms with Crippen LogP contribution in [0.25, 0.3) is 11.1 Å². The molecule has 0 aromatic carbocycles. The van der Waals surface area contributed by atoms with Crippen LogP contribution in [0.4, 0.5) is 0 Å². The predicted octanol–water partition coefficient (Wildman–Crippen LogP) is 2.59. The third kappa shape index (κ3) is 3.15. The highest BCUT2D eigenvalue weighted by Crippen LogP contribution is 2.34. The Morgan fingerprint density at radius 2 is 1.88 bits per heavy atom. The van der Waals surface area contributed by atoms with Crippen molar-refractivity contribution in [2.75, 3.05) is 13.1 Å². The summed E-state index contributed by atoms with van der Waals surface area (Å²) in [4.78, 5) is 22.3. The van der Waals surface area contributed by atoms with E-state index in [0.717, 1.165) is 29.7 Å². The first-order chi connectivity index (χ1) is 12.7. The molecule has 0 unspecified atom stereocenters. The summed E-state index contributed by atoms with van der Waals surface area (Å²) < 4.78 is 0. The molecular weight excluding hydrogens is 330 g/mol. The minimum atomic E-state index is -0.0918. The van der Waals surface area contributed by atoms with Gasteiger partial charge in [-0.05, 0) is 36.6 Å². The number of hydrogen-bond donors (Lipinski definition) is 2. The number of pyridine rings is 2. The lowest BCUT2D eigenvalue weighted by Crippen LogP contribution is -2.38. The van der Waals surface area contributed by atoms with Gasteiger partial charge in [-0.2, -0.15) is 5.10 Å². The molecule has 1 amide bonds. The average molecular weight is 349 g/mol. The molecule has 0 aliphatic carbocycles. The van der Waals surface area contributed by atoms with E-state index in [9.17, 15) is 9.90 Å². The van der Waals surface area contributed by atoms with Crippen molar-refractivity contribution in [3.63, 3.8) is 0 Å². The van der Waals surface area contributed by atoms with Crippen LogP contribution in [0.15, 0.2) is 49.2 Å². The van der Waals surface area contributed by atoms with Crippen molar-refractivity contribution in [1.82, 2.24) is 25.1 Å². The van der Waals surface area contributed by atoms with Gasteiger partial charge in [-0.1, -0.05) is 0 Å². The molecule has 1 aliphatic heterocycles. The number of amides is 1. The summed E-state index contributed by atoms with van der Waals surface area (Å²) in [6, 6.07) is 5.40. The molecule has 1 fully saturated rings. The zero-order valence-electron chi connectivity index (χ0n) is 14.2. The minimum absolute atomic E-state index is 0.00480. The van der Waals surface area contributed by atoms with E-state index >= 15 is 0 Å². The van der Waals surface area contributed by atoms with E-state index in [4.69, 9.17) is 0 Å². The number of aromatic nitrogens is 4. The molecule has 7 heteroatoms. The summed E-state index contributed by atoms with van der Waals surface area (Å²) in [6.07, 6.45) is 9.93. The van der Waals surface area contributed by atoms with Crippen molar-refractivity contribution < 1.29 is 9.90 Å². The SMILES string of the molecule is O=C(c1cncc(O)c1)N1CCC(c2[nH]ncc2-c2ccncc2)CC1. The lowest BCUT2D eigenvalue weighted by atomic mass is 9.89. The molecule has 1 saturated heterocycles. The van der Waals surface area contributed by atoms with E-state index in [1.165, 1.54) is 18.5 Å². The normalized spacial score (nSPS) is 15.2. The third-order valence-electron chi connectivity index (χ3n) is 4.82. The Morgan fingerprint density at radius 3 is 2.62 bits per heavy atom. The molecule has 7 nitrogen and oxygen atoms in total. The number of carbonyl (C=O) groups is 1. The van der Waals surface area contributed by atoms with Gasteiger partial charge in [0.1, 0.15) is 5.75 Å². The van der Waals surface area contributed by atoms with Crippen LogP contribution >= 0.6 is 0 Å². The number of rotatable bonds is 3. The zero-order valence-corrected chi connectivity index (χ0v) is 14.2. The van der Waals surface area contributed by atoms with Gasteiger partial charge in [-0.3, -0.25) is 19.9 Å². The first kappa shape index (κ1) is 16.3. The molecule has 4 rings (SSSR count). The fourth-order valence-electron chi connectivity index (χ4n) is 3.47. The largest absolute Gasteiger partial charge is 0.506 e. The number of hydrogen-bond acceptors (Lipinski definition) is 5. The zero-order chi connectivity index (χ0) is 17.9. The van der Waals surface area contributed by atoms with Crippen LogP contribution in [0.3, 0.4) is 0 Å². The Balaban J connectivity index is 1.46. The van der Waals surface area contributed by atoms with Gasteiger partial charge in [-0.25, -0.2) is 0 Å². The smallest absolute Gasteiger partial charge is 0.255 e. The summed E-state index contributed by atoms with van der Waals surface area (Å²) in [6.45, 7) is 1.32. The van der Waals surface area contributed by atoms with Gasteiger partial charge >= 0.3 is 0 Å². The van der Waals surface area contributed by atoms with E-state index in [-0.39, 0.29) is 11.7 Å². The minimum Gasteiger partial charge on any atom is -0.506 e. The first-order valence-electron chi connectivity index (χ1n) is 8.59. The molecule has 4 heterocycles. The highest BCUT2D eigenvalue weighted by molar-refractivity contribution is 5.94. The maximum atomic E-state index is 12.6. The van der Waals surface area contributed by atoms with E-state index < -0.39 is 0 Å². The molecule has 0 radical (unpaired) electrons. The van der Waals surface area contributed by atoms with Gasteiger partial charge in [0.2, 0.25) is 0 Å². The van der Waals surface area contributed by atoms with E-state index in [0.29, 0.717) is 24.6 Å². The van der Waals surface area contributed by atoms with Crippen LogP contribution in [0.2, 0.25) is 0 Å². The number of likely N-dealkylation sites (tertiary alicyclic amines) is 1.